The van der Waals surface area contributed by atoms with Crippen molar-refractivity contribution in [3.63, 3.8) is 0 Å². The second kappa shape index (κ2) is 5.35. The highest BCUT2D eigenvalue weighted by Gasteiger charge is 2.08. The van der Waals surface area contributed by atoms with Crippen LogP contribution in [0.3, 0.4) is 0 Å². The lowest BCUT2D eigenvalue weighted by Gasteiger charge is -2.06. The SMILES string of the molecule is COc1ccc(N)c(SCc2nc(C)c(C)o2)c1. The molecule has 96 valence electrons. The van der Waals surface area contributed by atoms with Gasteiger partial charge in [0.25, 0.3) is 0 Å². The summed E-state index contributed by atoms with van der Waals surface area (Å²) in [5, 5.41) is 0. The highest BCUT2D eigenvalue weighted by Crippen LogP contribution is 2.31. The lowest BCUT2D eigenvalue weighted by molar-refractivity contribution is 0.414. The van der Waals surface area contributed by atoms with Gasteiger partial charge in [-0.15, -0.1) is 11.8 Å². The zero-order valence-electron chi connectivity index (χ0n) is 10.7. The number of oxazole rings is 1. The van der Waals surface area contributed by atoms with E-state index in [1.165, 1.54) is 0 Å². The summed E-state index contributed by atoms with van der Waals surface area (Å²) < 4.78 is 10.7. The molecule has 1 aromatic heterocycles. The number of benzene rings is 1. The van der Waals surface area contributed by atoms with Crippen molar-refractivity contribution in [3.8, 4) is 5.75 Å². The summed E-state index contributed by atoms with van der Waals surface area (Å²) in [7, 11) is 1.64. The molecule has 0 saturated carbocycles. The van der Waals surface area contributed by atoms with E-state index in [-0.39, 0.29) is 0 Å². The van der Waals surface area contributed by atoms with E-state index < -0.39 is 0 Å². The third-order valence-corrected chi connectivity index (χ3v) is 3.70. The minimum absolute atomic E-state index is 0.659. The first kappa shape index (κ1) is 12.8. The normalized spacial score (nSPS) is 10.6. The summed E-state index contributed by atoms with van der Waals surface area (Å²) in [6.45, 7) is 3.85. The number of anilines is 1. The predicted molar refractivity (Wildman–Crippen MR) is 72.9 cm³/mol. The molecule has 1 heterocycles. The van der Waals surface area contributed by atoms with E-state index in [1.807, 2.05) is 32.0 Å². The molecule has 18 heavy (non-hydrogen) atoms. The fourth-order valence-electron chi connectivity index (χ4n) is 1.51. The minimum Gasteiger partial charge on any atom is -0.497 e. The van der Waals surface area contributed by atoms with E-state index in [2.05, 4.69) is 4.98 Å². The van der Waals surface area contributed by atoms with Crippen LogP contribution >= 0.6 is 11.8 Å². The standard InChI is InChI=1S/C13H16N2O2S/c1-8-9(2)17-13(15-8)7-18-12-6-10(16-3)4-5-11(12)14/h4-6H,7,14H2,1-3H3. The number of ether oxygens (including phenoxy) is 1. The monoisotopic (exact) mass is 264 g/mol. The fourth-order valence-corrected chi connectivity index (χ4v) is 2.34. The highest BCUT2D eigenvalue weighted by atomic mass is 32.2. The molecule has 5 heteroatoms. The van der Waals surface area contributed by atoms with Crippen LogP contribution < -0.4 is 10.5 Å². The molecular weight excluding hydrogens is 248 g/mol. The quantitative estimate of drug-likeness (QED) is 0.679. The Labute approximate surface area is 111 Å². The number of aromatic nitrogens is 1. The zero-order valence-corrected chi connectivity index (χ0v) is 11.5. The first-order valence-electron chi connectivity index (χ1n) is 5.59. The molecule has 0 fully saturated rings. The van der Waals surface area contributed by atoms with Crippen molar-refractivity contribution in [2.75, 3.05) is 12.8 Å². The molecule has 0 aliphatic carbocycles. The lowest BCUT2D eigenvalue weighted by Crippen LogP contribution is -1.91. The number of nitrogens with two attached hydrogens (primary N) is 1. The van der Waals surface area contributed by atoms with Crippen LogP contribution in [0.1, 0.15) is 17.3 Å². The van der Waals surface area contributed by atoms with Gasteiger partial charge in [-0.05, 0) is 32.0 Å². The molecule has 0 atom stereocenters. The van der Waals surface area contributed by atoms with Gasteiger partial charge in [0, 0.05) is 10.6 Å². The van der Waals surface area contributed by atoms with E-state index >= 15 is 0 Å². The Morgan fingerprint density at radius 1 is 1.39 bits per heavy atom. The topological polar surface area (TPSA) is 61.3 Å². The molecule has 0 spiro atoms. The molecule has 0 aliphatic rings. The van der Waals surface area contributed by atoms with E-state index in [0.29, 0.717) is 5.75 Å². The molecule has 4 nitrogen and oxygen atoms in total. The third-order valence-electron chi connectivity index (χ3n) is 2.64. The number of thioether (sulfide) groups is 1. The molecule has 0 saturated heterocycles. The van der Waals surface area contributed by atoms with Crippen LogP contribution in [0, 0.1) is 13.8 Å². The number of hydrogen-bond acceptors (Lipinski definition) is 5. The second-order valence-corrected chi connectivity index (χ2v) is 4.96. The Hall–Kier alpha value is -1.62. The fraction of sp³-hybridized carbons (Fsp3) is 0.308. The number of methoxy groups -OCH3 is 1. The van der Waals surface area contributed by atoms with Gasteiger partial charge >= 0.3 is 0 Å². The first-order valence-corrected chi connectivity index (χ1v) is 6.58. The number of aryl methyl sites for hydroxylation is 2. The van der Waals surface area contributed by atoms with Crippen molar-refractivity contribution in [1.82, 2.24) is 4.98 Å². The third kappa shape index (κ3) is 2.79. The molecule has 0 amide bonds. The molecule has 2 rings (SSSR count). The Bertz CT molecular complexity index is 532. The van der Waals surface area contributed by atoms with E-state index in [4.69, 9.17) is 14.9 Å². The van der Waals surface area contributed by atoms with Gasteiger partial charge < -0.3 is 14.9 Å². The highest BCUT2D eigenvalue weighted by molar-refractivity contribution is 7.98. The van der Waals surface area contributed by atoms with Crippen molar-refractivity contribution in [2.24, 2.45) is 0 Å². The minimum atomic E-state index is 0.659. The summed E-state index contributed by atoms with van der Waals surface area (Å²) in [6.07, 6.45) is 0. The van der Waals surface area contributed by atoms with Crippen molar-refractivity contribution in [3.05, 3.63) is 35.5 Å². The van der Waals surface area contributed by atoms with Crippen molar-refractivity contribution < 1.29 is 9.15 Å². The lowest BCUT2D eigenvalue weighted by atomic mass is 10.3. The average molecular weight is 264 g/mol. The maximum Gasteiger partial charge on any atom is 0.204 e. The Morgan fingerprint density at radius 2 is 2.17 bits per heavy atom. The zero-order chi connectivity index (χ0) is 13.1. The molecule has 0 aliphatic heterocycles. The Balaban J connectivity index is 2.10. The molecule has 0 bridgehead atoms. The summed E-state index contributed by atoms with van der Waals surface area (Å²) in [6, 6.07) is 5.61. The molecule has 2 N–H and O–H groups in total. The maximum atomic E-state index is 5.92. The average Bonchev–Trinajstić information content (AvgIpc) is 2.68. The van der Waals surface area contributed by atoms with E-state index in [9.17, 15) is 0 Å². The first-order chi connectivity index (χ1) is 8.60. The van der Waals surface area contributed by atoms with Gasteiger partial charge in [0.2, 0.25) is 5.89 Å². The van der Waals surface area contributed by atoms with Gasteiger partial charge in [0.15, 0.2) is 0 Å². The van der Waals surface area contributed by atoms with Gasteiger partial charge in [-0.3, -0.25) is 0 Å². The van der Waals surface area contributed by atoms with Gasteiger partial charge in [-0.2, -0.15) is 0 Å². The maximum absolute atomic E-state index is 5.92. The Morgan fingerprint density at radius 3 is 2.78 bits per heavy atom. The molecule has 2 aromatic rings. The summed E-state index contributed by atoms with van der Waals surface area (Å²) in [5.74, 6) is 3.04. The van der Waals surface area contributed by atoms with Gasteiger partial charge in [0.05, 0.1) is 18.6 Å². The van der Waals surface area contributed by atoms with Crippen LogP contribution in [-0.4, -0.2) is 12.1 Å². The van der Waals surface area contributed by atoms with Gasteiger partial charge in [0.1, 0.15) is 11.5 Å². The van der Waals surface area contributed by atoms with Crippen molar-refractivity contribution in [2.45, 2.75) is 24.5 Å². The van der Waals surface area contributed by atoms with Crippen LogP contribution in [0.2, 0.25) is 0 Å². The van der Waals surface area contributed by atoms with Gasteiger partial charge in [-0.25, -0.2) is 4.98 Å². The summed E-state index contributed by atoms with van der Waals surface area (Å²) in [4.78, 5) is 5.31. The number of hydrogen-bond donors (Lipinski definition) is 1. The van der Waals surface area contributed by atoms with Gasteiger partial charge in [-0.1, -0.05) is 0 Å². The summed E-state index contributed by atoms with van der Waals surface area (Å²) in [5.41, 5.74) is 7.59. The molecule has 0 radical (unpaired) electrons. The molecular formula is C13H16N2O2S. The van der Waals surface area contributed by atoms with E-state index in [0.717, 1.165) is 33.7 Å². The van der Waals surface area contributed by atoms with Crippen LogP contribution in [0.4, 0.5) is 5.69 Å². The molecule has 1 aromatic carbocycles. The van der Waals surface area contributed by atoms with Crippen LogP contribution in [0.15, 0.2) is 27.5 Å². The Kier molecular flexibility index (Phi) is 3.81. The number of nitrogen functional groups attached to an aromatic ring is 1. The summed E-state index contributed by atoms with van der Waals surface area (Å²) >= 11 is 1.59. The second-order valence-electron chi connectivity index (χ2n) is 3.94. The number of rotatable bonds is 4. The number of nitrogens with zero attached hydrogens (tertiary/aromatic N) is 1. The van der Waals surface area contributed by atoms with Crippen molar-refractivity contribution >= 4 is 17.4 Å². The van der Waals surface area contributed by atoms with Crippen LogP contribution in [0.5, 0.6) is 5.75 Å². The smallest absolute Gasteiger partial charge is 0.204 e. The van der Waals surface area contributed by atoms with Crippen LogP contribution in [-0.2, 0) is 5.75 Å². The molecule has 0 unspecified atom stereocenters. The van der Waals surface area contributed by atoms with Crippen molar-refractivity contribution in [1.29, 1.82) is 0 Å². The van der Waals surface area contributed by atoms with Crippen LogP contribution in [0.25, 0.3) is 0 Å². The largest absolute Gasteiger partial charge is 0.497 e. The van der Waals surface area contributed by atoms with E-state index in [1.54, 1.807) is 18.9 Å². The predicted octanol–water partition coefficient (Wildman–Crippen LogP) is 3.17.